The number of amides is 4. The van der Waals surface area contributed by atoms with Crippen LogP contribution < -0.4 is 16.0 Å². The topological polar surface area (TPSA) is 99.7 Å². The van der Waals surface area contributed by atoms with Crippen molar-refractivity contribution < 1.29 is 45.1 Å². The van der Waals surface area contributed by atoms with Gasteiger partial charge in [-0.1, -0.05) is 24.8 Å². The van der Waals surface area contributed by atoms with Crippen LogP contribution in [0.15, 0.2) is 70.9 Å². The van der Waals surface area contributed by atoms with E-state index in [0.29, 0.717) is 0 Å². The largest absolute Gasteiger partial charge is 0.418 e. The number of halogens is 7. The molecule has 2 aliphatic rings. The highest BCUT2D eigenvalue weighted by molar-refractivity contribution is 6.11. The van der Waals surface area contributed by atoms with Crippen LogP contribution in [0.5, 0.6) is 0 Å². The van der Waals surface area contributed by atoms with Crippen LogP contribution in [-0.2, 0) is 11.0 Å². The number of hydrogen-bond acceptors (Lipinski definition) is 4. The fourth-order valence-corrected chi connectivity index (χ4v) is 4.03. The molecular weight excluding hydrogens is 525 g/mol. The maximum Gasteiger partial charge on any atom is 0.418 e. The van der Waals surface area contributed by atoms with Crippen molar-refractivity contribution in [1.82, 2.24) is 16.0 Å². The summed E-state index contributed by atoms with van der Waals surface area (Å²) in [6.07, 6.45) is -8.90. The Morgan fingerprint density at radius 2 is 1.66 bits per heavy atom. The Labute approximate surface area is 209 Å². The summed E-state index contributed by atoms with van der Waals surface area (Å²) in [5.41, 5.74) is -6.64. The van der Waals surface area contributed by atoms with E-state index in [1.807, 2.05) is 0 Å². The molecule has 198 valence electrons. The first kappa shape index (κ1) is 26.6. The highest BCUT2D eigenvalue weighted by atomic mass is 19.4. The number of allylic oxidation sites excluding steroid dienone is 2. The molecule has 4 rings (SSSR count). The molecule has 1 atom stereocenters. The molecule has 0 aliphatic carbocycles. The normalized spacial score (nSPS) is 19.6. The molecule has 4 amide bonds. The molecule has 3 N–H and O–H groups in total. The first-order chi connectivity index (χ1) is 17.6. The van der Waals surface area contributed by atoms with Crippen LogP contribution in [0.1, 0.15) is 15.9 Å². The quantitative estimate of drug-likeness (QED) is 0.390. The summed E-state index contributed by atoms with van der Waals surface area (Å²) in [6.45, 7) is 2.31. The third-order valence-electron chi connectivity index (χ3n) is 5.80. The Bertz CT molecular complexity index is 1430. The number of benzene rings is 2. The summed E-state index contributed by atoms with van der Waals surface area (Å²) in [5.74, 6) is -3.23. The van der Waals surface area contributed by atoms with Gasteiger partial charge in [0.2, 0.25) is 0 Å². The lowest BCUT2D eigenvalue weighted by atomic mass is 9.90. The van der Waals surface area contributed by atoms with Crippen LogP contribution in [0, 0.1) is 5.82 Å². The third kappa shape index (κ3) is 4.76. The van der Waals surface area contributed by atoms with Gasteiger partial charge in [0.1, 0.15) is 5.82 Å². The minimum Gasteiger partial charge on any atom is -0.349 e. The van der Waals surface area contributed by atoms with E-state index in [4.69, 9.17) is 0 Å². The number of alkyl halides is 6. The van der Waals surface area contributed by atoms with Gasteiger partial charge in [0.25, 0.3) is 11.8 Å². The van der Waals surface area contributed by atoms with Crippen LogP contribution in [0.2, 0.25) is 0 Å². The van der Waals surface area contributed by atoms with Gasteiger partial charge in [-0.05, 0) is 41.0 Å². The fourth-order valence-electron chi connectivity index (χ4n) is 4.03. The summed E-state index contributed by atoms with van der Waals surface area (Å²) >= 11 is 0. The number of hydrogen-bond donors (Lipinski definition) is 3. The molecule has 0 aromatic heterocycles. The molecule has 0 saturated carbocycles. The zero-order chi connectivity index (χ0) is 28.0. The number of carbonyl (C=O) groups excluding carboxylic acids is 3. The second kappa shape index (κ2) is 9.11. The number of rotatable bonds is 5. The highest BCUT2D eigenvalue weighted by Crippen LogP contribution is 2.41. The molecule has 1 unspecified atom stereocenters. The van der Waals surface area contributed by atoms with E-state index < -0.39 is 76.1 Å². The van der Waals surface area contributed by atoms with Gasteiger partial charge >= 0.3 is 18.4 Å². The van der Waals surface area contributed by atoms with Crippen LogP contribution >= 0.6 is 0 Å². The van der Waals surface area contributed by atoms with Crippen molar-refractivity contribution in [3.63, 3.8) is 0 Å². The average molecular weight is 540 g/mol. The van der Waals surface area contributed by atoms with Crippen molar-refractivity contribution in [3.05, 3.63) is 82.8 Å². The zero-order valence-corrected chi connectivity index (χ0v) is 18.9. The summed E-state index contributed by atoms with van der Waals surface area (Å²) in [4.78, 5) is 41.3. The number of nitrogens with zero attached hydrogens (tertiary/aromatic N) is 1. The van der Waals surface area contributed by atoms with Gasteiger partial charge in [0, 0.05) is 6.21 Å². The summed E-state index contributed by atoms with van der Waals surface area (Å²) in [6, 6.07) is 5.31. The number of carbonyl (C=O) groups is 3. The zero-order valence-electron chi connectivity index (χ0n) is 18.9. The van der Waals surface area contributed by atoms with Crippen LogP contribution in [0.4, 0.5) is 35.5 Å². The summed E-state index contributed by atoms with van der Waals surface area (Å²) in [7, 11) is 0. The van der Waals surface area contributed by atoms with E-state index in [-0.39, 0.29) is 11.1 Å². The molecule has 38 heavy (non-hydrogen) atoms. The number of imide groups is 1. The van der Waals surface area contributed by atoms with Crippen LogP contribution in [0.25, 0.3) is 11.1 Å². The van der Waals surface area contributed by atoms with E-state index in [9.17, 15) is 45.1 Å². The van der Waals surface area contributed by atoms with E-state index in [1.54, 1.807) is 5.32 Å². The van der Waals surface area contributed by atoms with Gasteiger partial charge in [-0.2, -0.15) is 26.3 Å². The maximum atomic E-state index is 14.0. The predicted molar refractivity (Wildman–Crippen MR) is 119 cm³/mol. The van der Waals surface area contributed by atoms with Gasteiger partial charge < -0.3 is 10.6 Å². The molecule has 0 spiro atoms. The molecule has 0 bridgehead atoms. The molecule has 7 nitrogen and oxygen atoms in total. The van der Waals surface area contributed by atoms with E-state index in [2.05, 4.69) is 22.2 Å². The molecule has 0 radical (unpaired) electrons. The lowest BCUT2D eigenvalue weighted by Gasteiger charge is -2.28. The number of urea groups is 1. The van der Waals surface area contributed by atoms with Gasteiger partial charge in [0.15, 0.2) is 5.54 Å². The smallest absolute Gasteiger partial charge is 0.349 e. The van der Waals surface area contributed by atoms with Gasteiger partial charge in [-0.15, -0.1) is 0 Å². The van der Waals surface area contributed by atoms with Gasteiger partial charge in [-0.3, -0.25) is 19.9 Å². The molecular formula is C24H15F7N4O3. The SMILES string of the molecule is C=C1C=NC(C2(CNC(=O)c3cc(F)ccc3-c3ccc(C(F)(F)F)cc3)NC(=O)NC2=O)=C1C(F)(F)F. The highest BCUT2D eigenvalue weighted by Gasteiger charge is 2.55. The lowest BCUT2D eigenvalue weighted by molar-refractivity contribution is -0.137. The van der Waals surface area contributed by atoms with E-state index >= 15 is 0 Å². The Morgan fingerprint density at radius 1 is 1.00 bits per heavy atom. The molecule has 2 aromatic rings. The number of aliphatic imine (C=N–C) groups is 1. The third-order valence-corrected chi connectivity index (χ3v) is 5.80. The molecule has 14 heteroatoms. The van der Waals surface area contributed by atoms with Gasteiger partial charge in [-0.25, -0.2) is 9.18 Å². The number of nitrogens with one attached hydrogen (secondary N) is 3. The predicted octanol–water partition coefficient (Wildman–Crippen LogP) is 4.28. The standard InChI is InChI=1S/C24H15F7N4O3/c1-11-9-32-18(17(11)24(29,30)31)22(20(37)34-21(38)35-22)10-33-19(36)16-8-14(25)6-7-15(16)12-2-4-13(5-3-12)23(26,27)28/h2-9H,1,10H2,(H,33,36)(H2,34,35,37,38). The van der Waals surface area contributed by atoms with Crippen LogP contribution in [0.3, 0.4) is 0 Å². The molecule has 1 fully saturated rings. The molecule has 1 saturated heterocycles. The second-order valence-corrected chi connectivity index (χ2v) is 8.27. The van der Waals surface area contributed by atoms with Crippen molar-refractivity contribution >= 4 is 24.1 Å². The Hall–Kier alpha value is -4.49. The van der Waals surface area contributed by atoms with Gasteiger partial charge in [0.05, 0.1) is 28.9 Å². The average Bonchev–Trinajstić information content (AvgIpc) is 3.36. The summed E-state index contributed by atoms with van der Waals surface area (Å²) in [5, 5.41) is 6.06. The molecule has 2 heterocycles. The van der Waals surface area contributed by atoms with E-state index in [1.165, 1.54) is 0 Å². The van der Waals surface area contributed by atoms with Crippen molar-refractivity contribution in [3.8, 4) is 11.1 Å². The fraction of sp³-hybridized carbons (Fsp3) is 0.167. The minimum absolute atomic E-state index is 0.00551. The monoisotopic (exact) mass is 540 g/mol. The first-order valence-electron chi connectivity index (χ1n) is 10.6. The minimum atomic E-state index is -5.02. The molecule has 2 aliphatic heterocycles. The first-order valence-corrected chi connectivity index (χ1v) is 10.6. The van der Waals surface area contributed by atoms with Crippen molar-refractivity contribution in [2.45, 2.75) is 17.9 Å². The Balaban J connectivity index is 1.70. The molecule has 2 aromatic carbocycles. The van der Waals surface area contributed by atoms with Crippen molar-refractivity contribution in [1.29, 1.82) is 0 Å². The summed E-state index contributed by atoms with van der Waals surface area (Å²) < 4.78 is 93.9. The van der Waals surface area contributed by atoms with Crippen molar-refractivity contribution in [2.24, 2.45) is 4.99 Å². The maximum absolute atomic E-state index is 14.0. The van der Waals surface area contributed by atoms with Crippen LogP contribution in [-0.4, -0.2) is 42.3 Å². The Morgan fingerprint density at radius 3 is 2.21 bits per heavy atom. The lowest BCUT2D eigenvalue weighted by Crippen LogP contribution is -2.56. The second-order valence-electron chi connectivity index (χ2n) is 8.27. The van der Waals surface area contributed by atoms with Crippen molar-refractivity contribution in [2.75, 3.05) is 6.54 Å². The van der Waals surface area contributed by atoms with E-state index in [0.717, 1.165) is 48.7 Å². The Kier molecular flexibility index (Phi) is 6.37.